The van der Waals surface area contributed by atoms with Crippen molar-refractivity contribution in [1.82, 2.24) is 20.2 Å². The van der Waals surface area contributed by atoms with Crippen LogP contribution in [-0.2, 0) is 18.3 Å². The monoisotopic (exact) mass is 278 g/mol. The lowest BCUT2D eigenvalue weighted by molar-refractivity contribution is -0.384. The van der Waals surface area contributed by atoms with E-state index in [-0.39, 0.29) is 23.5 Å². The van der Waals surface area contributed by atoms with Crippen LogP contribution < -0.4 is 5.32 Å². The van der Waals surface area contributed by atoms with E-state index in [0.717, 1.165) is 18.2 Å². The molecule has 1 aromatic carbocycles. The van der Waals surface area contributed by atoms with E-state index in [0.29, 0.717) is 5.82 Å². The molecule has 2 N–H and O–H groups in total. The number of aromatic hydroxyl groups is 1. The van der Waals surface area contributed by atoms with Gasteiger partial charge in [0.05, 0.1) is 17.0 Å². The third-order valence-electron chi connectivity index (χ3n) is 2.49. The minimum absolute atomic E-state index is 0.0423. The molecule has 0 atom stereocenters. The summed E-state index contributed by atoms with van der Waals surface area (Å²) in [6.45, 7) is 0. The van der Waals surface area contributed by atoms with Crippen molar-refractivity contribution in [2.24, 2.45) is 7.05 Å². The first-order valence-corrected chi connectivity index (χ1v) is 5.46. The lowest BCUT2D eigenvalue weighted by Crippen LogP contribution is -2.17. The number of nitrogens with zero attached hydrogens (tertiary/aromatic N) is 5. The van der Waals surface area contributed by atoms with Crippen LogP contribution in [0.3, 0.4) is 0 Å². The summed E-state index contributed by atoms with van der Waals surface area (Å²) in [5.41, 5.74) is -0.280. The topological polar surface area (TPSA) is 136 Å². The maximum atomic E-state index is 11.8. The molecule has 0 aliphatic heterocycles. The Balaban J connectivity index is 2.13. The number of hydrogen-bond acceptors (Lipinski definition) is 7. The highest BCUT2D eigenvalue weighted by Gasteiger charge is 2.14. The Bertz CT molecular complexity index is 668. The number of amides is 1. The van der Waals surface area contributed by atoms with Crippen LogP contribution in [0.1, 0.15) is 5.82 Å². The first-order chi connectivity index (χ1) is 9.47. The molecule has 0 unspecified atom stereocenters. The fourth-order valence-electron chi connectivity index (χ4n) is 1.47. The number of phenolic OH excluding ortho intramolecular Hbond substituents is 1. The Morgan fingerprint density at radius 1 is 1.55 bits per heavy atom. The van der Waals surface area contributed by atoms with Crippen LogP contribution in [0, 0.1) is 10.1 Å². The molecular formula is C10H10N6O4. The van der Waals surface area contributed by atoms with Gasteiger partial charge in [0.1, 0.15) is 5.75 Å². The van der Waals surface area contributed by atoms with Crippen molar-refractivity contribution in [3.05, 3.63) is 34.1 Å². The van der Waals surface area contributed by atoms with E-state index in [2.05, 4.69) is 20.8 Å². The lowest BCUT2D eigenvalue weighted by atomic mass is 10.2. The van der Waals surface area contributed by atoms with Crippen molar-refractivity contribution >= 4 is 17.3 Å². The summed E-state index contributed by atoms with van der Waals surface area (Å²) in [6, 6.07) is 3.34. The number of anilines is 1. The average Bonchev–Trinajstić information content (AvgIpc) is 2.77. The highest BCUT2D eigenvalue weighted by Crippen LogP contribution is 2.27. The Kier molecular flexibility index (Phi) is 3.55. The van der Waals surface area contributed by atoms with Crippen molar-refractivity contribution < 1.29 is 14.8 Å². The van der Waals surface area contributed by atoms with Crippen molar-refractivity contribution in [1.29, 1.82) is 0 Å². The molecule has 0 aliphatic carbocycles. The molecule has 1 heterocycles. The highest BCUT2D eigenvalue weighted by molar-refractivity contribution is 5.93. The number of aromatic nitrogens is 4. The SMILES string of the molecule is Cn1nnnc1CC(=O)Nc1cc([N+](=O)[O-])ccc1O. The van der Waals surface area contributed by atoms with Crippen LogP contribution in [0.25, 0.3) is 0 Å². The zero-order valence-corrected chi connectivity index (χ0v) is 10.3. The molecule has 104 valence electrons. The molecular weight excluding hydrogens is 268 g/mol. The van der Waals surface area contributed by atoms with Crippen LogP contribution in [0.5, 0.6) is 5.75 Å². The standard InChI is InChI=1S/C10H10N6O4/c1-15-9(12-13-14-15)5-10(18)11-7-4-6(16(19)20)2-3-8(7)17/h2-4,17H,5H2,1H3,(H,11,18). The molecule has 0 radical (unpaired) electrons. The predicted molar refractivity (Wildman–Crippen MR) is 65.9 cm³/mol. The normalized spacial score (nSPS) is 10.2. The number of nitro groups is 1. The number of carbonyl (C=O) groups is 1. The van der Waals surface area contributed by atoms with E-state index in [4.69, 9.17) is 0 Å². The van der Waals surface area contributed by atoms with Gasteiger partial charge in [-0.25, -0.2) is 4.68 Å². The number of nitro benzene ring substituents is 1. The maximum Gasteiger partial charge on any atom is 0.271 e. The average molecular weight is 278 g/mol. The first kappa shape index (κ1) is 13.4. The summed E-state index contributed by atoms with van der Waals surface area (Å²) in [5, 5.41) is 33.1. The molecule has 1 amide bonds. The van der Waals surface area contributed by atoms with Crippen molar-refractivity contribution in [2.45, 2.75) is 6.42 Å². The van der Waals surface area contributed by atoms with Gasteiger partial charge in [0.15, 0.2) is 5.82 Å². The molecule has 20 heavy (non-hydrogen) atoms. The highest BCUT2D eigenvalue weighted by atomic mass is 16.6. The number of nitrogens with one attached hydrogen (secondary N) is 1. The number of rotatable bonds is 4. The number of non-ortho nitro benzene ring substituents is 1. The fourth-order valence-corrected chi connectivity index (χ4v) is 1.47. The van der Waals surface area contributed by atoms with E-state index in [9.17, 15) is 20.0 Å². The number of tetrazole rings is 1. The summed E-state index contributed by atoms with van der Waals surface area (Å²) in [4.78, 5) is 21.8. The van der Waals surface area contributed by atoms with Gasteiger partial charge in [-0.3, -0.25) is 14.9 Å². The molecule has 1 aromatic heterocycles. The minimum Gasteiger partial charge on any atom is -0.506 e. The molecule has 0 saturated heterocycles. The summed E-state index contributed by atoms with van der Waals surface area (Å²) in [7, 11) is 1.58. The van der Waals surface area contributed by atoms with E-state index < -0.39 is 10.8 Å². The second-order valence-corrected chi connectivity index (χ2v) is 3.90. The summed E-state index contributed by atoms with van der Waals surface area (Å²) in [6.07, 6.45) is -0.119. The molecule has 0 fully saturated rings. The van der Waals surface area contributed by atoms with Gasteiger partial charge >= 0.3 is 0 Å². The number of benzene rings is 1. The van der Waals surface area contributed by atoms with Gasteiger partial charge in [0.2, 0.25) is 5.91 Å². The van der Waals surface area contributed by atoms with Crippen molar-refractivity contribution in [2.75, 3.05) is 5.32 Å². The molecule has 0 aliphatic rings. The zero-order chi connectivity index (χ0) is 14.7. The fraction of sp³-hybridized carbons (Fsp3) is 0.200. The van der Waals surface area contributed by atoms with Crippen molar-refractivity contribution in [3.8, 4) is 5.75 Å². The summed E-state index contributed by atoms with van der Waals surface area (Å²) >= 11 is 0. The van der Waals surface area contributed by atoms with Crippen LogP contribution in [0.2, 0.25) is 0 Å². The molecule has 2 rings (SSSR count). The van der Waals surface area contributed by atoms with Gasteiger partial charge in [-0.2, -0.15) is 0 Å². The molecule has 2 aromatic rings. The molecule has 10 nitrogen and oxygen atoms in total. The van der Waals surface area contributed by atoms with Gasteiger partial charge in [0, 0.05) is 19.2 Å². The number of phenols is 1. The second-order valence-electron chi connectivity index (χ2n) is 3.90. The number of carbonyl (C=O) groups excluding carboxylic acids is 1. The minimum atomic E-state index is -0.623. The van der Waals surface area contributed by atoms with Crippen LogP contribution >= 0.6 is 0 Å². The van der Waals surface area contributed by atoms with E-state index in [1.165, 1.54) is 4.68 Å². The Hall–Kier alpha value is -3.04. The maximum absolute atomic E-state index is 11.8. The van der Waals surface area contributed by atoms with Crippen molar-refractivity contribution in [3.63, 3.8) is 0 Å². The molecule has 10 heteroatoms. The first-order valence-electron chi connectivity index (χ1n) is 5.46. The second kappa shape index (κ2) is 5.30. The predicted octanol–water partition coefficient (Wildman–Crippen LogP) is 0.00510. The van der Waals surface area contributed by atoms with Crippen LogP contribution in [0.15, 0.2) is 18.2 Å². The Morgan fingerprint density at radius 3 is 2.90 bits per heavy atom. The smallest absolute Gasteiger partial charge is 0.271 e. The molecule has 0 bridgehead atoms. The third kappa shape index (κ3) is 2.85. The summed E-state index contributed by atoms with van der Waals surface area (Å²) in [5.74, 6) is -0.439. The molecule has 0 saturated carbocycles. The van der Waals surface area contributed by atoms with Crippen LogP contribution in [-0.4, -0.2) is 36.1 Å². The van der Waals surface area contributed by atoms with E-state index >= 15 is 0 Å². The zero-order valence-electron chi connectivity index (χ0n) is 10.3. The van der Waals surface area contributed by atoms with Gasteiger partial charge in [-0.05, 0) is 16.5 Å². The third-order valence-corrected chi connectivity index (χ3v) is 2.49. The largest absolute Gasteiger partial charge is 0.506 e. The lowest BCUT2D eigenvalue weighted by Gasteiger charge is -2.06. The number of aryl methyl sites for hydroxylation is 1. The van der Waals surface area contributed by atoms with E-state index in [1.54, 1.807) is 7.05 Å². The van der Waals surface area contributed by atoms with Gasteiger partial charge in [-0.15, -0.1) is 5.10 Å². The van der Waals surface area contributed by atoms with Crippen LogP contribution in [0.4, 0.5) is 11.4 Å². The van der Waals surface area contributed by atoms with Gasteiger partial charge in [-0.1, -0.05) is 0 Å². The Morgan fingerprint density at radius 2 is 2.30 bits per heavy atom. The molecule has 0 spiro atoms. The summed E-state index contributed by atoms with van der Waals surface area (Å²) < 4.78 is 1.33. The van der Waals surface area contributed by atoms with Gasteiger partial charge in [0.25, 0.3) is 5.69 Å². The van der Waals surface area contributed by atoms with Gasteiger partial charge < -0.3 is 10.4 Å². The number of hydrogen-bond donors (Lipinski definition) is 2. The quantitative estimate of drug-likeness (QED) is 0.456. The van der Waals surface area contributed by atoms with E-state index in [1.807, 2.05) is 0 Å². The Labute approximate surface area is 112 Å².